The van der Waals surface area contributed by atoms with Gasteiger partial charge in [0, 0.05) is 5.69 Å². The molecule has 1 aliphatic heterocycles. The zero-order valence-electron chi connectivity index (χ0n) is 13.3. The van der Waals surface area contributed by atoms with Crippen molar-refractivity contribution in [2.75, 3.05) is 18.4 Å². The van der Waals surface area contributed by atoms with Gasteiger partial charge in [-0.2, -0.15) is 0 Å². The maximum absolute atomic E-state index is 12.5. The SMILES string of the molecule is I.NC(=NCCN1C(=O)NC2(CCCC2)C1=O)Nc1ccccc1. The molecule has 2 fully saturated rings. The fourth-order valence-electron chi connectivity index (χ4n) is 3.18. The standard InChI is InChI=1S/C16H21N5O2.HI/c17-14(19-12-6-2-1-3-7-12)18-10-11-21-13(22)16(20-15(21)23)8-4-5-9-16;/h1-3,6-7H,4-5,8-11H2,(H,20,23)(H3,17,18,19);1H. The molecule has 1 aliphatic carbocycles. The van der Waals surface area contributed by atoms with Gasteiger partial charge in [0.25, 0.3) is 5.91 Å². The first-order chi connectivity index (χ1) is 11.1. The van der Waals surface area contributed by atoms with Crippen LogP contribution >= 0.6 is 24.0 Å². The highest BCUT2D eigenvalue weighted by atomic mass is 127. The van der Waals surface area contributed by atoms with Gasteiger partial charge >= 0.3 is 6.03 Å². The number of carbonyl (C=O) groups excluding carboxylic acids is 2. The van der Waals surface area contributed by atoms with Crippen LogP contribution in [0, 0.1) is 0 Å². The van der Waals surface area contributed by atoms with Crippen molar-refractivity contribution in [1.82, 2.24) is 10.2 Å². The third kappa shape index (κ3) is 3.80. The Kier molecular flexibility index (Phi) is 6.03. The van der Waals surface area contributed by atoms with Crippen LogP contribution in [0.3, 0.4) is 0 Å². The molecule has 2 aliphatic rings. The first-order valence-corrected chi connectivity index (χ1v) is 7.87. The van der Waals surface area contributed by atoms with Gasteiger partial charge in [-0.15, -0.1) is 24.0 Å². The van der Waals surface area contributed by atoms with Gasteiger partial charge < -0.3 is 16.4 Å². The Morgan fingerprint density at radius 1 is 1.25 bits per heavy atom. The molecule has 1 spiro atoms. The Morgan fingerprint density at radius 2 is 1.92 bits per heavy atom. The van der Waals surface area contributed by atoms with E-state index in [1.54, 1.807) is 0 Å². The van der Waals surface area contributed by atoms with Crippen molar-refractivity contribution in [3.05, 3.63) is 30.3 Å². The molecule has 3 amide bonds. The zero-order valence-corrected chi connectivity index (χ0v) is 15.7. The molecule has 1 aromatic carbocycles. The predicted octanol–water partition coefficient (Wildman–Crippen LogP) is 1.90. The number of rotatable bonds is 4. The molecule has 7 nitrogen and oxygen atoms in total. The van der Waals surface area contributed by atoms with Crippen LogP contribution < -0.4 is 16.4 Å². The van der Waals surface area contributed by atoms with E-state index in [0.717, 1.165) is 31.4 Å². The second kappa shape index (κ2) is 7.82. The number of carbonyl (C=O) groups is 2. The third-order valence-corrected chi connectivity index (χ3v) is 4.35. The van der Waals surface area contributed by atoms with E-state index in [2.05, 4.69) is 15.6 Å². The first-order valence-electron chi connectivity index (χ1n) is 7.87. The van der Waals surface area contributed by atoms with Gasteiger partial charge in [-0.05, 0) is 25.0 Å². The van der Waals surface area contributed by atoms with E-state index in [0.29, 0.717) is 0 Å². The minimum atomic E-state index is -0.658. The number of nitrogens with zero attached hydrogens (tertiary/aromatic N) is 2. The normalized spacial score (nSPS) is 19.3. The van der Waals surface area contributed by atoms with Crippen molar-refractivity contribution in [3.8, 4) is 0 Å². The summed E-state index contributed by atoms with van der Waals surface area (Å²) in [5, 5.41) is 5.81. The summed E-state index contributed by atoms with van der Waals surface area (Å²) < 4.78 is 0. The molecule has 1 aromatic rings. The van der Waals surface area contributed by atoms with Crippen LogP contribution in [0.25, 0.3) is 0 Å². The van der Waals surface area contributed by atoms with Crippen molar-refractivity contribution >= 4 is 47.6 Å². The summed E-state index contributed by atoms with van der Waals surface area (Å²) in [5.74, 6) is 0.142. The number of urea groups is 1. The van der Waals surface area contributed by atoms with E-state index in [9.17, 15) is 9.59 Å². The largest absolute Gasteiger partial charge is 0.370 e. The van der Waals surface area contributed by atoms with Gasteiger partial charge in [0.1, 0.15) is 5.54 Å². The zero-order chi connectivity index (χ0) is 16.3. The fraction of sp³-hybridized carbons (Fsp3) is 0.438. The number of imide groups is 1. The summed E-state index contributed by atoms with van der Waals surface area (Å²) in [6.45, 7) is 0.518. The lowest BCUT2D eigenvalue weighted by atomic mass is 9.98. The van der Waals surface area contributed by atoms with E-state index >= 15 is 0 Å². The Labute approximate surface area is 158 Å². The van der Waals surface area contributed by atoms with Crippen molar-refractivity contribution < 1.29 is 9.59 Å². The number of guanidine groups is 1. The van der Waals surface area contributed by atoms with Crippen LogP contribution in [-0.2, 0) is 4.79 Å². The molecule has 0 atom stereocenters. The number of halogens is 1. The number of anilines is 1. The molecular weight excluding hydrogens is 421 g/mol. The topological polar surface area (TPSA) is 99.8 Å². The van der Waals surface area contributed by atoms with Gasteiger partial charge in [-0.25, -0.2) is 4.79 Å². The molecule has 130 valence electrons. The highest BCUT2D eigenvalue weighted by Gasteiger charge is 2.52. The van der Waals surface area contributed by atoms with Crippen molar-refractivity contribution in [3.63, 3.8) is 0 Å². The summed E-state index contributed by atoms with van der Waals surface area (Å²) in [6.07, 6.45) is 3.42. The molecule has 1 saturated carbocycles. The average Bonchev–Trinajstić information content (AvgIpc) is 3.09. The molecular formula is C16H22IN5O2. The second-order valence-electron chi connectivity index (χ2n) is 5.93. The minimum Gasteiger partial charge on any atom is -0.370 e. The number of para-hydroxylation sites is 1. The van der Waals surface area contributed by atoms with Gasteiger partial charge in [-0.3, -0.25) is 14.7 Å². The number of nitrogens with one attached hydrogen (secondary N) is 2. The molecule has 0 unspecified atom stereocenters. The molecule has 8 heteroatoms. The van der Waals surface area contributed by atoms with Crippen LogP contribution in [0.1, 0.15) is 25.7 Å². The maximum Gasteiger partial charge on any atom is 0.325 e. The molecule has 24 heavy (non-hydrogen) atoms. The molecule has 1 heterocycles. The highest BCUT2D eigenvalue weighted by Crippen LogP contribution is 2.34. The minimum absolute atomic E-state index is 0. The van der Waals surface area contributed by atoms with Crippen LogP contribution in [-0.4, -0.2) is 41.4 Å². The summed E-state index contributed by atoms with van der Waals surface area (Å²) in [7, 11) is 0. The fourth-order valence-corrected chi connectivity index (χ4v) is 3.18. The van der Waals surface area contributed by atoms with Gasteiger partial charge in [0.05, 0.1) is 13.1 Å². The Morgan fingerprint density at radius 3 is 2.58 bits per heavy atom. The molecule has 0 bridgehead atoms. The Balaban J connectivity index is 0.00000208. The predicted molar refractivity (Wildman–Crippen MR) is 103 cm³/mol. The number of hydrogen-bond acceptors (Lipinski definition) is 3. The van der Waals surface area contributed by atoms with Gasteiger partial charge in [0.2, 0.25) is 0 Å². The Bertz CT molecular complexity index is 629. The second-order valence-corrected chi connectivity index (χ2v) is 5.93. The number of aliphatic imine (C=N–C) groups is 1. The number of nitrogens with two attached hydrogens (primary N) is 1. The Hall–Kier alpha value is -1.84. The third-order valence-electron chi connectivity index (χ3n) is 4.35. The quantitative estimate of drug-likeness (QED) is 0.287. The first kappa shape index (κ1) is 18.5. The van der Waals surface area contributed by atoms with E-state index in [1.165, 1.54) is 4.90 Å². The monoisotopic (exact) mass is 443 g/mol. The molecule has 3 rings (SSSR count). The summed E-state index contributed by atoms with van der Waals surface area (Å²) >= 11 is 0. The van der Waals surface area contributed by atoms with Crippen molar-refractivity contribution in [2.45, 2.75) is 31.2 Å². The maximum atomic E-state index is 12.5. The van der Waals surface area contributed by atoms with Crippen LogP contribution in [0.5, 0.6) is 0 Å². The smallest absolute Gasteiger partial charge is 0.325 e. The van der Waals surface area contributed by atoms with E-state index in [1.807, 2.05) is 30.3 Å². The molecule has 0 aromatic heterocycles. The lowest BCUT2D eigenvalue weighted by molar-refractivity contribution is -0.131. The molecule has 4 N–H and O–H groups in total. The van der Waals surface area contributed by atoms with E-state index < -0.39 is 5.54 Å². The lowest BCUT2D eigenvalue weighted by Crippen LogP contribution is -2.44. The van der Waals surface area contributed by atoms with Crippen LogP contribution in [0.4, 0.5) is 10.5 Å². The molecule has 0 radical (unpaired) electrons. The number of benzene rings is 1. The lowest BCUT2D eigenvalue weighted by Gasteiger charge is -2.19. The highest BCUT2D eigenvalue weighted by molar-refractivity contribution is 14.0. The summed E-state index contributed by atoms with van der Waals surface area (Å²) in [5.41, 5.74) is 5.99. The van der Waals surface area contributed by atoms with Gasteiger partial charge in [0.15, 0.2) is 5.96 Å². The number of hydrogen-bond donors (Lipinski definition) is 3. The van der Waals surface area contributed by atoms with E-state index in [-0.39, 0.29) is 55.0 Å². The number of amides is 3. The van der Waals surface area contributed by atoms with E-state index in [4.69, 9.17) is 5.73 Å². The van der Waals surface area contributed by atoms with Gasteiger partial charge in [-0.1, -0.05) is 31.0 Å². The van der Waals surface area contributed by atoms with Crippen LogP contribution in [0.2, 0.25) is 0 Å². The average molecular weight is 443 g/mol. The summed E-state index contributed by atoms with van der Waals surface area (Å²) in [4.78, 5) is 29.9. The molecule has 1 saturated heterocycles. The van der Waals surface area contributed by atoms with Crippen molar-refractivity contribution in [1.29, 1.82) is 0 Å². The van der Waals surface area contributed by atoms with Crippen molar-refractivity contribution in [2.24, 2.45) is 10.7 Å². The summed E-state index contributed by atoms with van der Waals surface area (Å²) in [6, 6.07) is 9.14. The van der Waals surface area contributed by atoms with Crippen LogP contribution in [0.15, 0.2) is 35.3 Å².